The molecule has 0 bridgehead atoms. The lowest BCUT2D eigenvalue weighted by molar-refractivity contribution is 0.0738. The molecule has 7 nitrogen and oxygen atoms in total. The molecule has 1 saturated heterocycles. The van der Waals surface area contributed by atoms with Gasteiger partial charge in [-0.3, -0.25) is 9.20 Å². The number of amides is 1. The van der Waals surface area contributed by atoms with Crippen LogP contribution < -0.4 is 4.90 Å². The van der Waals surface area contributed by atoms with Crippen molar-refractivity contribution >= 4 is 17.4 Å². The number of benzene rings is 1. The summed E-state index contributed by atoms with van der Waals surface area (Å²) in [5, 5.41) is 0. The number of rotatable bonds is 3. The molecule has 0 radical (unpaired) electrons. The molecule has 0 unspecified atom stereocenters. The van der Waals surface area contributed by atoms with Gasteiger partial charge in [-0.25, -0.2) is 15.0 Å². The fraction of sp³-hybridized carbons (Fsp3) is 0.217. The Morgan fingerprint density at radius 2 is 1.70 bits per heavy atom. The van der Waals surface area contributed by atoms with E-state index in [1.165, 1.54) is 0 Å². The van der Waals surface area contributed by atoms with Crippen molar-refractivity contribution in [3.05, 3.63) is 78.5 Å². The molecular weight excluding hydrogens is 376 g/mol. The van der Waals surface area contributed by atoms with E-state index in [4.69, 9.17) is 0 Å². The maximum absolute atomic E-state index is 13.2. The van der Waals surface area contributed by atoms with Crippen molar-refractivity contribution in [3.8, 4) is 11.3 Å². The van der Waals surface area contributed by atoms with Crippen LogP contribution >= 0.6 is 0 Å². The van der Waals surface area contributed by atoms with Gasteiger partial charge >= 0.3 is 0 Å². The van der Waals surface area contributed by atoms with Gasteiger partial charge in [0.2, 0.25) is 0 Å². The van der Waals surface area contributed by atoms with Crippen LogP contribution in [0, 0.1) is 6.92 Å². The van der Waals surface area contributed by atoms with Crippen molar-refractivity contribution in [1.29, 1.82) is 0 Å². The van der Waals surface area contributed by atoms with Crippen LogP contribution in [-0.2, 0) is 0 Å². The van der Waals surface area contributed by atoms with Gasteiger partial charge in [0.05, 0.1) is 11.4 Å². The van der Waals surface area contributed by atoms with Gasteiger partial charge in [0.15, 0.2) is 0 Å². The number of imidazole rings is 1. The molecule has 3 aromatic heterocycles. The number of fused-ring (bicyclic) bond motifs is 1. The lowest BCUT2D eigenvalue weighted by atomic mass is 10.1. The van der Waals surface area contributed by atoms with Crippen LogP contribution in [0.15, 0.2) is 67.1 Å². The van der Waals surface area contributed by atoms with Gasteiger partial charge in [-0.15, -0.1) is 0 Å². The molecule has 0 N–H and O–H groups in total. The highest BCUT2D eigenvalue weighted by atomic mass is 16.2. The molecule has 0 saturated carbocycles. The van der Waals surface area contributed by atoms with E-state index in [0.29, 0.717) is 18.8 Å². The number of aryl methyl sites for hydroxylation is 1. The summed E-state index contributed by atoms with van der Waals surface area (Å²) in [5.74, 6) is 0.917. The molecule has 5 rings (SSSR count). The normalized spacial score (nSPS) is 14.3. The minimum absolute atomic E-state index is 0.0264. The van der Waals surface area contributed by atoms with Gasteiger partial charge in [0.1, 0.15) is 23.5 Å². The molecule has 4 aromatic rings. The van der Waals surface area contributed by atoms with E-state index < -0.39 is 0 Å². The topological polar surface area (TPSA) is 66.6 Å². The van der Waals surface area contributed by atoms with E-state index in [1.54, 1.807) is 6.33 Å². The Morgan fingerprint density at radius 3 is 2.50 bits per heavy atom. The average Bonchev–Trinajstić information content (AvgIpc) is 3.15. The standard InChI is InChI=1S/C23H22N6O/c1-17-22(29-10-6-5-9-20(29)26-17)23(30)28-13-11-27(12-14-28)21-15-19(24-16-25-21)18-7-3-2-4-8-18/h2-10,15-16H,11-14H2,1H3. The molecule has 7 heteroatoms. The molecule has 30 heavy (non-hydrogen) atoms. The lowest BCUT2D eigenvalue weighted by Gasteiger charge is -2.35. The number of carbonyl (C=O) groups excluding carboxylic acids is 1. The van der Waals surface area contributed by atoms with Crippen molar-refractivity contribution in [3.63, 3.8) is 0 Å². The SMILES string of the molecule is Cc1nc2ccccn2c1C(=O)N1CCN(c2cc(-c3ccccc3)ncn2)CC1. The molecule has 1 aromatic carbocycles. The van der Waals surface area contributed by atoms with Gasteiger partial charge in [-0.2, -0.15) is 0 Å². The van der Waals surface area contributed by atoms with Crippen molar-refractivity contribution in [1.82, 2.24) is 24.3 Å². The number of hydrogen-bond acceptors (Lipinski definition) is 5. The molecule has 1 aliphatic heterocycles. The first-order valence-electron chi connectivity index (χ1n) is 10.1. The minimum Gasteiger partial charge on any atom is -0.353 e. The quantitative estimate of drug-likeness (QED) is 0.531. The Balaban J connectivity index is 1.32. The average molecular weight is 398 g/mol. The summed E-state index contributed by atoms with van der Waals surface area (Å²) in [5.41, 5.74) is 4.18. The first-order chi connectivity index (χ1) is 14.7. The number of hydrogen-bond donors (Lipinski definition) is 0. The zero-order valence-corrected chi connectivity index (χ0v) is 16.8. The zero-order valence-electron chi connectivity index (χ0n) is 16.8. The van der Waals surface area contributed by atoms with Gasteiger partial charge in [0, 0.05) is 44.0 Å². The summed E-state index contributed by atoms with van der Waals surface area (Å²) in [4.78, 5) is 30.7. The second-order valence-electron chi connectivity index (χ2n) is 7.38. The molecular formula is C23H22N6O. The number of carbonyl (C=O) groups is 1. The Bertz CT molecular complexity index is 1190. The lowest BCUT2D eigenvalue weighted by Crippen LogP contribution is -2.49. The predicted molar refractivity (Wildman–Crippen MR) is 116 cm³/mol. The highest BCUT2D eigenvalue weighted by Gasteiger charge is 2.26. The maximum atomic E-state index is 13.2. The van der Waals surface area contributed by atoms with Crippen LogP contribution in [0.2, 0.25) is 0 Å². The molecule has 4 heterocycles. The fourth-order valence-corrected chi connectivity index (χ4v) is 3.95. The maximum Gasteiger partial charge on any atom is 0.272 e. The van der Waals surface area contributed by atoms with Gasteiger partial charge in [-0.1, -0.05) is 36.4 Å². The number of pyridine rings is 1. The highest BCUT2D eigenvalue weighted by molar-refractivity contribution is 5.94. The first-order valence-corrected chi connectivity index (χ1v) is 10.1. The Hall–Kier alpha value is -3.74. The fourth-order valence-electron chi connectivity index (χ4n) is 3.95. The third-order valence-corrected chi connectivity index (χ3v) is 5.52. The summed E-state index contributed by atoms with van der Waals surface area (Å²) in [7, 11) is 0. The predicted octanol–water partition coefficient (Wildman–Crippen LogP) is 3.06. The second kappa shape index (κ2) is 7.59. The summed E-state index contributed by atoms with van der Waals surface area (Å²) < 4.78 is 1.88. The van der Waals surface area contributed by atoms with Crippen molar-refractivity contribution < 1.29 is 4.79 Å². The molecule has 1 fully saturated rings. The molecule has 1 amide bonds. The van der Waals surface area contributed by atoms with E-state index in [2.05, 4.69) is 19.9 Å². The summed E-state index contributed by atoms with van der Waals surface area (Å²) in [6.07, 6.45) is 3.50. The Kier molecular flexibility index (Phi) is 4.63. The number of aromatic nitrogens is 4. The third kappa shape index (κ3) is 3.28. The first kappa shape index (κ1) is 18.3. The van der Waals surface area contributed by atoms with Crippen LogP contribution in [0.25, 0.3) is 16.9 Å². The van der Waals surface area contributed by atoms with E-state index in [0.717, 1.165) is 41.5 Å². The van der Waals surface area contributed by atoms with Crippen molar-refractivity contribution in [2.24, 2.45) is 0 Å². The van der Waals surface area contributed by atoms with Gasteiger partial charge < -0.3 is 9.80 Å². The zero-order chi connectivity index (χ0) is 20.5. The largest absolute Gasteiger partial charge is 0.353 e. The van der Waals surface area contributed by atoms with E-state index in [-0.39, 0.29) is 5.91 Å². The summed E-state index contributed by atoms with van der Waals surface area (Å²) >= 11 is 0. The molecule has 1 aliphatic rings. The molecule has 0 aliphatic carbocycles. The third-order valence-electron chi connectivity index (χ3n) is 5.52. The van der Waals surface area contributed by atoms with Crippen LogP contribution in [0.1, 0.15) is 16.2 Å². The van der Waals surface area contributed by atoms with Gasteiger partial charge in [-0.05, 0) is 19.1 Å². The van der Waals surface area contributed by atoms with Crippen LogP contribution in [-0.4, -0.2) is 56.3 Å². The van der Waals surface area contributed by atoms with Crippen LogP contribution in [0.5, 0.6) is 0 Å². The van der Waals surface area contributed by atoms with E-state index in [9.17, 15) is 4.79 Å². The molecule has 0 atom stereocenters. The van der Waals surface area contributed by atoms with Crippen LogP contribution in [0.4, 0.5) is 5.82 Å². The van der Waals surface area contributed by atoms with Crippen LogP contribution in [0.3, 0.4) is 0 Å². The second-order valence-corrected chi connectivity index (χ2v) is 7.38. The number of nitrogens with zero attached hydrogens (tertiary/aromatic N) is 6. The molecule has 150 valence electrons. The summed E-state index contributed by atoms with van der Waals surface area (Å²) in [6.45, 7) is 4.63. The Labute approximate surface area is 174 Å². The number of anilines is 1. The number of piperazine rings is 1. The van der Waals surface area contributed by atoms with Gasteiger partial charge in [0.25, 0.3) is 5.91 Å². The smallest absolute Gasteiger partial charge is 0.272 e. The summed E-state index contributed by atoms with van der Waals surface area (Å²) in [6, 6.07) is 17.9. The highest BCUT2D eigenvalue weighted by Crippen LogP contribution is 2.22. The Morgan fingerprint density at radius 1 is 0.933 bits per heavy atom. The molecule has 0 spiro atoms. The monoisotopic (exact) mass is 398 g/mol. The van der Waals surface area contributed by atoms with Crippen molar-refractivity contribution in [2.75, 3.05) is 31.1 Å². The van der Waals surface area contributed by atoms with E-state index in [1.807, 2.05) is 77.0 Å². The van der Waals surface area contributed by atoms with E-state index >= 15 is 0 Å². The van der Waals surface area contributed by atoms with Crippen molar-refractivity contribution in [2.45, 2.75) is 6.92 Å². The minimum atomic E-state index is 0.0264.